The summed E-state index contributed by atoms with van der Waals surface area (Å²) in [6.45, 7) is 0. The SMILES string of the molecule is O=C(Nc1cccc(C(F)(F)F)c1)c1cc(Cl)c(Cl)c(-c2ccc(Cl)cc2)c1O. The lowest BCUT2D eigenvalue weighted by Crippen LogP contribution is -2.14. The van der Waals surface area contributed by atoms with E-state index < -0.39 is 23.4 Å². The van der Waals surface area contributed by atoms with Crippen LogP contribution in [0, 0.1) is 0 Å². The summed E-state index contributed by atoms with van der Waals surface area (Å²) >= 11 is 18.2. The predicted octanol–water partition coefficient (Wildman–Crippen LogP) is 7.29. The maximum Gasteiger partial charge on any atom is 0.416 e. The third kappa shape index (κ3) is 4.61. The van der Waals surface area contributed by atoms with Gasteiger partial charge in [-0.05, 0) is 42.0 Å². The van der Waals surface area contributed by atoms with Gasteiger partial charge in [0.2, 0.25) is 0 Å². The fourth-order valence-corrected chi connectivity index (χ4v) is 3.22. The zero-order valence-electron chi connectivity index (χ0n) is 14.3. The number of anilines is 1. The van der Waals surface area contributed by atoms with Gasteiger partial charge >= 0.3 is 6.18 Å². The molecule has 0 spiro atoms. The van der Waals surface area contributed by atoms with Crippen molar-refractivity contribution < 1.29 is 23.1 Å². The van der Waals surface area contributed by atoms with Crippen molar-refractivity contribution in [1.82, 2.24) is 0 Å². The monoisotopic (exact) mass is 459 g/mol. The molecule has 1 amide bonds. The van der Waals surface area contributed by atoms with Crippen LogP contribution in [0.2, 0.25) is 15.1 Å². The molecule has 3 aromatic carbocycles. The second-order valence-corrected chi connectivity index (χ2v) is 7.20. The van der Waals surface area contributed by atoms with Crippen LogP contribution >= 0.6 is 34.8 Å². The van der Waals surface area contributed by atoms with E-state index in [0.717, 1.165) is 24.3 Å². The van der Waals surface area contributed by atoms with Crippen LogP contribution in [-0.2, 0) is 6.18 Å². The standard InChI is InChI=1S/C20H11Cl3F3NO2/c21-12-6-4-10(5-7-12)16-17(23)15(22)9-14(18(16)28)19(29)27-13-3-1-2-11(8-13)20(24,25)26/h1-9,28H,(H,27,29). The summed E-state index contributed by atoms with van der Waals surface area (Å²) < 4.78 is 38.6. The number of phenols is 1. The van der Waals surface area contributed by atoms with Gasteiger partial charge in [0.05, 0.1) is 21.2 Å². The largest absolute Gasteiger partial charge is 0.506 e. The maximum atomic E-state index is 12.9. The normalized spacial score (nSPS) is 11.4. The molecule has 0 aliphatic heterocycles. The molecule has 0 aliphatic carbocycles. The Balaban J connectivity index is 2.01. The third-order valence-corrected chi connectivity index (χ3v) is 5.06. The molecule has 0 fully saturated rings. The first-order valence-corrected chi connectivity index (χ1v) is 9.17. The van der Waals surface area contributed by atoms with Crippen molar-refractivity contribution >= 4 is 46.4 Å². The third-order valence-electron chi connectivity index (χ3n) is 4.02. The lowest BCUT2D eigenvalue weighted by Gasteiger charge is -2.14. The minimum absolute atomic E-state index is 0.0105. The van der Waals surface area contributed by atoms with E-state index in [1.165, 1.54) is 6.07 Å². The number of hydrogen-bond acceptors (Lipinski definition) is 2. The molecule has 0 aliphatic rings. The quantitative estimate of drug-likeness (QED) is 0.431. The van der Waals surface area contributed by atoms with Crippen molar-refractivity contribution in [2.24, 2.45) is 0 Å². The van der Waals surface area contributed by atoms with Crippen molar-refractivity contribution in [3.8, 4) is 16.9 Å². The van der Waals surface area contributed by atoms with E-state index >= 15 is 0 Å². The molecule has 0 saturated carbocycles. The van der Waals surface area contributed by atoms with E-state index in [4.69, 9.17) is 34.8 Å². The Morgan fingerprint density at radius 1 is 0.966 bits per heavy atom. The number of hydrogen-bond donors (Lipinski definition) is 2. The molecule has 0 saturated heterocycles. The molecule has 9 heteroatoms. The topological polar surface area (TPSA) is 49.3 Å². The fraction of sp³-hybridized carbons (Fsp3) is 0.0500. The van der Waals surface area contributed by atoms with Crippen LogP contribution in [0.3, 0.4) is 0 Å². The van der Waals surface area contributed by atoms with Crippen LogP contribution in [0.15, 0.2) is 54.6 Å². The second kappa shape index (κ2) is 8.14. The zero-order valence-corrected chi connectivity index (χ0v) is 16.6. The Labute approximate surface area is 178 Å². The second-order valence-electron chi connectivity index (χ2n) is 5.98. The summed E-state index contributed by atoms with van der Waals surface area (Å²) in [6.07, 6.45) is -4.56. The van der Waals surface area contributed by atoms with Gasteiger partial charge in [0, 0.05) is 16.3 Å². The molecule has 0 bridgehead atoms. The molecule has 0 heterocycles. The summed E-state index contributed by atoms with van der Waals surface area (Å²) in [7, 11) is 0. The Bertz CT molecular complexity index is 1080. The van der Waals surface area contributed by atoms with Gasteiger partial charge in [-0.25, -0.2) is 0 Å². The highest BCUT2D eigenvalue weighted by Crippen LogP contribution is 2.43. The summed E-state index contributed by atoms with van der Waals surface area (Å²) in [4.78, 5) is 12.6. The minimum Gasteiger partial charge on any atom is -0.506 e. The van der Waals surface area contributed by atoms with Crippen molar-refractivity contribution in [2.75, 3.05) is 5.32 Å². The number of alkyl halides is 3. The van der Waals surface area contributed by atoms with Gasteiger partial charge in [0.1, 0.15) is 5.75 Å². The van der Waals surface area contributed by atoms with Gasteiger partial charge in [-0.2, -0.15) is 13.2 Å². The minimum atomic E-state index is -4.56. The van der Waals surface area contributed by atoms with Gasteiger partial charge in [-0.15, -0.1) is 0 Å². The number of benzene rings is 3. The average Bonchev–Trinajstić information content (AvgIpc) is 2.66. The number of carbonyl (C=O) groups is 1. The summed E-state index contributed by atoms with van der Waals surface area (Å²) in [6, 6.07) is 11.5. The first-order chi connectivity index (χ1) is 13.6. The molecule has 29 heavy (non-hydrogen) atoms. The maximum absolute atomic E-state index is 12.9. The zero-order chi connectivity index (χ0) is 21.3. The number of phenolic OH excluding ortho intramolecular Hbond substituents is 1. The average molecular weight is 461 g/mol. The molecular formula is C20H11Cl3F3NO2. The highest BCUT2D eigenvalue weighted by atomic mass is 35.5. The smallest absolute Gasteiger partial charge is 0.416 e. The molecular weight excluding hydrogens is 450 g/mol. The van der Waals surface area contributed by atoms with Crippen LogP contribution in [0.25, 0.3) is 11.1 Å². The van der Waals surface area contributed by atoms with E-state index in [1.807, 2.05) is 0 Å². The highest BCUT2D eigenvalue weighted by Gasteiger charge is 2.30. The van der Waals surface area contributed by atoms with Gasteiger partial charge < -0.3 is 10.4 Å². The van der Waals surface area contributed by atoms with Gasteiger partial charge in [0.25, 0.3) is 5.91 Å². The van der Waals surface area contributed by atoms with Crippen molar-refractivity contribution in [2.45, 2.75) is 6.18 Å². The summed E-state index contributed by atoms with van der Waals surface area (Å²) in [5.41, 5.74) is -0.710. The Hall–Kier alpha value is -2.41. The number of nitrogens with one attached hydrogen (secondary N) is 1. The number of aromatic hydroxyl groups is 1. The molecule has 0 atom stereocenters. The highest BCUT2D eigenvalue weighted by molar-refractivity contribution is 6.44. The van der Waals surface area contributed by atoms with Crippen LogP contribution in [0.4, 0.5) is 18.9 Å². The van der Waals surface area contributed by atoms with Crippen molar-refractivity contribution in [1.29, 1.82) is 0 Å². The van der Waals surface area contributed by atoms with Crippen LogP contribution in [0.5, 0.6) is 5.75 Å². The molecule has 0 unspecified atom stereocenters. The lowest BCUT2D eigenvalue weighted by atomic mass is 10.0. The van der Waals surface area contributed by atoms with Crippen LogP contribution in [-0.4, -0.2) is 11.0 Å². The van der Waals surface area contributed by atoms with E-state index in [1.54, 1.807) is 24.3 Å². The molecule has 3 aromatic rings. The van der Waals surface area contributed by atoms with Crippen LogP contribution in [0.1, 0.15) is 15.9 Å². The fourth-order valence-electron chi connectivity index (χ4n) is 2.64. The number of halogens is 6. The molecule has 3 rings (SSSR count). The summed E-state index contributed by atoms with van der Waals surface area (Å²) in [5, 5.41) is 13.4. The number of carbonyl (C=O) groups excluding carboxylic acids is 1. The van der Waals surface area contributed by atoms with E-state index in [9.17, 15) is 23.1 Å². The predicted molar refractivity (Wildman–Crippen MR) is 108 cm³/mol. The van der Waals surface area contributed by atoms with Gasteiger partial charge in [-0.3, -0.25) is 4.79 Å². The first kappa shape index (κ1) is 21.3. The molecule has 150 valence electrons. The molecule has 3 nitrogen and oxygen atoms in total. The Kier molecular flexibility index (Phi) is 5.98. The lowest BCUT2D eigenvalue weighted by molar-refractivity contribution is -0.137. The molecule has 0 aromatic heterocycles. The van der Waals surface area contributed by atoms with E-state index in [-0.39, 0.29) is 26.9 Å². The number of amides is 1. The molecule has 2 N–H and O–H groups in total. The Morgan fingerprint density at radius 3 is 2.24 bits per heavy atom. The number of rotatable bonds is 3. The van der Waals surface area contributed by atoms with E-state index in [0.29, 0.717) is 10.6 Å². The van der Waals surface area contributed by atoms with E-state index in [2.05, 4.69) is 5.32 Å². The van der Waals surface area contributed by atoms with Crippen molar-refractivity contribution in [3.05, 3.63) is 80.8 Å². The van der Waals surface area contributed by atoms with Crippen molar-refractivity contribution in [3.63, 3.8) is 0 Å². The van der Waals surface area contributed by atoms with Gasteiger partial charge in [0.15, 0.2) is 0 Å². The molecule has 0 radical (unpaired) electrons. The first-order valence-electron chi connectivity index (χ1n) is 8.03. The summed E-state index contributed by atoms with van der Waals surface area (Å²) in [5.74, 6) is -1.32. The Morgan fingerprint density at radius 2 is 1.62 bits per heavy atom. The van der Waals surface area contributed by atoms with Gasteiger partial charge in [-0.1, -0.05) is 53.0 Å². The van der Waals surface area contributed by atoms with Crippen LogP contribution < -0.4 is 5.32 Å².